The molecular formula is C19H16FN3O2. The van der Waals surface area contributed by atoms with Crippen molar-refractivity contribution in [3.63, 3.8) is 0 Å². The van der Waals surface area contributed by atoms with Crippen LogP contribution in [0.4, 0.5) is 15.8 Å². The Kier molecular flexibility index (Phi) is 4.43. The predicted molar refractivity (Wildman–Crippen MR) is 94.6 cm³/mol. The van der Waals surface area contributed by atoms with E-state index in [1.54, 1.807) is 6.07 Å². The molecule has 0 amide bonds. The van der Waals surface area contributed by atoms with Crippen molar-refractivity contribution >= 4 is 17.2 Å². The highest BCUT2D eigenvalue weighted by atomic mass is 19.1. The zero-order valence-corrected chi connectivity index (χ0v) is 13.8. The van der Waals surface area contributed by atoms with Crippen LogP contribution >= 0.6 is 0 Å². The van der Waals surface area contributed by atoms with Crippen LogP contribution in [0, 0.1) is 5.82 Å². The summed E-state index contributed by atoms with van der Waals surface area (Å²) in [4.78, 5) is 24.8. The van der Waals surface area contributed by atoms with E-state index in [1.165, 1.54) is 32.2 Å². The summed E-state index contributed by atoms with van der Waals surface area (Å²) in [6, 6.07) is 14.8. The van der Waals surface area contributed by atoms with Crippen LogP contribution in [0.2, 0.25) is 0 Å². The smallest absolute Gasteiger partial charge is 0.290 e. The molecule has 0 radical (unpaired) electrons. The van der Waals surface area contributed by atoms with Crippen LogP contribution in [0.15, 0.2) is 59.4 Å². The molecule has 3 rings (SSSR count). The molecule has 0 unspecified atom stereocenters. The first kappa shape index (κ1) is 16.6. The lowest BCUT2D eigenvalue weighted by molar-refractivity contribution is 0.101. The van der Waals surface area contributed by atoms with Gasteiger partial charge in [0, 0.05) is 18.3 Å². The maximum Gasteiger partial charge on any atom is 0.290 e. The van der Waals surface area contributed by atoms with Gasteiger partial charge in [0.1, 0.15) is 17.2 Å². The number of aryl methyl sites for hydroxylation is 1. The zero-order chi connectivity index (χ0) is 18.0. The van der Waals surface area contributed by atoms with E-state index in [0.29, 0.717) is 16.9 Å². The van der Waals surface area contributed by atoms with E-state index >= 15 is 0 Å². The molecule has 1 heterocycles. The number of hydrogen-bond donors (Lipinski definition) is 1. The third kappa shape index (κ3) is 3.33. The minimum absolute atomic E-state index is 0.0782. The standard InChI is InChI=1S/C19H16FN3O2/c1-12(24)16-17(13-7-4-3-5-8-13)22-23(2)19(25)18(16)21-15-10-6-9-14(20)11-15/h3-11,21H,1-2H3. The monoisotopic (exact) mass is 337 g/mol. The van der Waals surface area contributed by atoms with Crippen LogP contribution in [-0.2, 0) is 7.05 Å². The number of aromatic nitrogens is 2. The molecule has 2 aromatic carbocycles. The largest absolute Gasteiger partial charge is 0.350 e. The summed E-state index contributed by atoms with van der Waals surface area (Å²) in [6.45, 7) is 1.37. The van der Waals surface area contributed by atoms with E-state index in [4.69, 9.17) is 0 Å². The van der Waals surface area contributed by atoms with Gasteiger partial charge in [0.05, 0.1) is 5.56 Å². The molecule has 1 N–H and O–H groups in total. The average Bonchev–Trinajstić information content (AvgIpc) is 2.59. The molecule has 0 atom stereocenters. The molecule has 126 valence electrons. The van der Waals surface area contributed by atoms with Crippen molar-refractivity contribution < 1.29 is 9.18 Å². The number of nitrogens with zero attached hydrogens (tertiary/aromatic N) is 2. The highest BCUT2D eigenvalue weighted by Gasteiger charge is 2.21. The summed E-state index contributed by atoms with van der Waals surface area (Å²) in [7, 11) is 1.51. The van der Waals surface area contributed by atoms with Crippen molar-refractivity contribution in [2.75, 3.05) is 5.32 Å². The Bertz CT molecular complexity index is 997. The number of Topliss-reactive ketones (excluding diaryl/α,β-unsaturated/α-hetero) is 1. The number of carbonyl (C=O) groups excluding carboxylic acids is 1. The molecule has 0 saturated carbocycles. The number of rotatable bonds is 4. The fraction of sp³-hybridized carbons (Fsp3) is 0.105. The predicted octanol–water partition coefficient (Wildman–Crippen LogP) is 3.53. The molecule has 0 aliphatic rings. The Hall–Kier alpha value is -3.28. The minimum Gasteiger partial charge on any atom is -0.350 e. The third-order valence-electron chi connectivity index (χ3n) is 3.74. The van der Waals surface area contributed by atoms with Gasteiger partial charge in [-0.05, 0) is 25.1 Å². The van der Waals surface area contributed by atoms with Gasteiger partial charge in [-0.2, -0.15) is 5.10 Å². The third-order valence-corrected chi connectivity index (χ3v) is 3.74. The molecule has 0 saturated heterocycles. The van der Waals surface area contributed by atoms with Gasteiger partial charge in [-0.15, -0.1) is 0 Å². The van der Waals surface area contributed by atoms with Gasteiger partial charge in [0.2, 0.25) is 0 Å². The van der Waals surface area contributed by atoms with E-state index in [2.05, 4.69) is 10.4 Å². The van der Waals surface area contributed by atoms with E-state index in [-0.39, 0.29) is 17.0 Å². The topological polar surface area (TPSA) is 64.0 Å². The molecule has 0 aliphatic heterocycles. The van der Waals surface area contributed by atoms with Gasteiger partial charge in [-0.25, -0.2) is 9.07 Å². The van der Waals surface area contributed by atoms with E-state index in [0.717, 1.165) is 4.68 Å². The van der Waals surface area contributed by atoms with Crippen LogP contribution in [0.1, 0.15) is 17.3 Å². The van der Waals surface area contributed by atoms with E-state index in [1.807, 2.05) is 30.3 Å². The molecule has 0 spiro atoms. The highest BCUT2D eigenvalue weighted by Crippen LogP contribution is 2.27. The Balaban J connectivity index is 2.25. The van der Waals surface area contributed by atoms with Gasteiger partial charge < -0.3 is 5.32 Å². The average molecular weight is 337 g/mol. The van der Waals surface area contributed by atoms with Gasteiger partial charge in [-0.1, -0.05) is 36.4 Å². The summed E-state index contributed by atoms with van der Waals surface area (Å²) in [6.07, 6.45) is 0. The van der Waals surface area contributed by atoms with Gasteiger partial charge >= 0.3 is 0 Å². The van der Waals surface area contributed by atoms with Crippen molar-refractivity contribution in [3.8, 4) is 11.3 Å². The van der Waals surface area contributed by atoms with Gasteiger partial charge in [0.15, 0.2) is 5.78 Å². The van der Waals surface area contributed by atoms with Crippen LogP contribution in [-0.4, -0.2) is 15.6 Å². The van der Waals surface area contributed by atoms with Crippen LogP contribution < -0.4 is 10.9 Å². The SMILES string of the molecule is CC(=O)c1c(-c2ccccc2)nn(C)c(=O)c1Nc1cccc(F)c1. The molecule has 25 heavy (non-hydrogen) atoms. The summed E-state index contributed by atoms with van der Waals surface area (Å²) >= 11 is 0. The highest BCUT2D eigenvalue weighted by molar-refractivity contribution is 6.05. The number of anilines is 2. The van der Waals surface area contributed by atoms with Crippen LogP contribution in [0.5, 0.6) is 0 Å². The van der Waals surface area contributed by atoms with E-state index in [9.17, 15) is 14.0 Å². The molecule has 5 nitrogen and oxygen atoms in total. The van der Waals surface area contributed by atoms with Gasteiger partial charge in [0.25, 0.3) is 5.56 Å². The maximum absolute atomic E-state index is 13.5. The molecule has 1 aromatic heterocycles. The number of nitrogens with one attached hydrogen (secondary N) is 1. The molecule has 0 fully saturated rings. The maximum atomic E-state index is 13.5. The first-order valence-electron chi connectivity index (χ1n) is 7.67. The van der Waals surface area contributed by atoms with E-state index < -0.39 is 11.4 Å². The first-order valence-corrected chi connectivity index (χ1v) is 7.67. The summed E-state index contributed by atoms with van der Waals surface area (Å²) < 4.78 is 14.6. The van der Waals surface area contributed by atoms with Crippen molar-refractivity contribution in [3.05, 3.63) is 76.3 Å². The Morgan fingerprint density at radius 1 is 1.12 bits per heavy atom. The molecule has 3 aromatic rings. The number of hydrogen-bond acceptors (Lipinski definition) is 4. The quantitative estimate of drug-likeness (QED) is 0.740. The minimum atomic E-state index is -0.464. The van der Waals surface area contributed by atoms with Gasteiger partial charge in [-0.3, -0.25) is 9.59 Å². The second kappa shape index (κ2) is 6.68. The fourth-order valence-electron chi connectivity index (χ4n) is 2.60. The normalized spacial score (nSPS) is 10.5. The van der Waals surface area contributed by atoms with Crippen molar-refractivity contribution in [2.24, 2.45) is 7.05 Å². The van der Waals surface area contributed by atoms with Crippen LogP contribution in [0.25, 0.3) is 11.3 Å². The molecule has 0 bridgehead atoms. The molecule has 0 aliphatic carbocycles. The Morgan fingerprint density at radius 2 is 1.84 bits per heavy atom. The second-order valence-electron chi connectivity index (χ2n) is 5.58. The Labute approximate surface area is 143 Å². The molecular weight excluding hydrogens is 321 g/mol. The van der Waals surface area contributed by atoms with Crippen molar-refractivity contribution in [1.82, 2.24) is 9.78 Å². The van der Waals surface area contributed by atoms with Crippen LogP contribution in [0.3, 0.4) is 0 Å². The second-order valence-corrected chi connectivity index (χ2v) is 5.58. The lowest BCUT2D eigenvalue weighted by Gasteiger charge is -2.15. The fourth-order valence-corrected chi connectivity index (χ4v) is 2.60. The number of benzene rings is 2. The first-order chi connectivity index (χ1) is 12.0. The van der Waals surface area contributed by atoms with Crippen molar-refractivity contribution in [1.29, 1.82) is 0 Å². The number of carbonyl (C=O) groups is 1. The zero-order valence-electron chi connectivity index (χ0n) is 13.8. The summed E-state index contributed by atoms with van der Waals surface area (Å²) in [5.41, 5.74) is 1.28. The number of halogens is 1. The molecule has 6 heteroatoms. The summed E-state index contributed by atoms with van der Waals surface area (Å²) in [5.74, 6) is -0.744. The lowest BCUT2D eigenvalue weighted by atomic mass is 10.0. The lowest BCUT2D eigenvalue weighted by Crippen LogP contribution is -2.26. The van der Waals surface area contributed by atoms with Crippen molar-refractivity contribution in [2.45, 2.75) is 6.92 Å². The number of ketones is 1. The Morgan fingerprint density at radius 3 is 2.48 bits per heavy atom. The summed E-state index contributed by atoms with van der Waals surface area (Å²) in [5, 5.41) is 7.13.